The van der Waals surface area contributed by atoms with Gasteiger partial charge < -0.3 is 5.32 Å². The van der Waals surface area contributed by atoms with Crippen LogP contribution in [-0.2, 0) is 6.42 Å². The first kappa shape index (κ1) is 17.8. The molecule has 0 heterocycles. The van der Waals surface area contributed by atoms with E-state index in [1.165, 1.54) is 12.5 Å². The van der Waals surface area contributed by atoms with E-state index in [9.17, 15) is 4.39 Å². The maximum Gasteiger partial charge on any atom is 0.123 e. The molecule has 2 atom stereocenters. The Hall–Kier alpha value is -0.250. The molecular weight excluding hydrogens is 293 g/mol. The minimum absolute atomic E-state index is 0.215. The largest absolute Gasteiger partial charge is 0.313 e. The van der Waals surface area contributed by atoms with E-state index in [0.717, 1.165) is 30.7 Å². The SMILES string of the molecule is CCCNC(CSC(C)CC)Cc1cc(F)ccc1Cl. The number of benzene rings is 1. The van der Waals surface area contributed by atoms with Gasteiger partial charge in [-0.2, -0.15) is 11.8 Å². The Labute approximate surface area is 131 Å². The van der Waals surface area contributed by atoms with Gasteiger partial charge in [0.05, 0.1) is 0 Å². The van der Waals surface area contributed by atoms with Crippen molar-refractivity contribution >= 4 is 23.4 Å². The van der Waals surface area contributed by atoms with Crippen LogP contribution in [0.1, 0.15) is 39.2 Å². The maximum absolute atomic E-state index is 13.3. The standard InChI is InChI=1S/C16H25ClFNS/c1-4-8-19-15(11-20-12(3)5-2)10-13-9-14(18)6-7-16(13)17/h6-7,9,12,15,19H,4-5,8,10-11H2,1-3H3. The van der Waals surface area contributed by atoms with Crippen LogP contribution >= 0.6 is 23.4 Å². The van der Waals surface area contributed by atoms with Crippen LogP contribution in [0, 0.1) is 5.82 Å². The molecule has 0 saturated carbocycles. The monoisotopic (exact) mass is 317 g/mol. The Kier molecular flexibility index (Phi) is 8.58. The second-order valence-corrected chi connectivity index (χ2v) is 7.02. The average molecular weight is 318 g/mol. The average Bonchev–Trinajstić information content (AvgIpc) is 2.45. The second kappa shape index (κ2) is 9.64. The summed E-state index contributed by atoms with van der Waals surface area (Å²) in [5.74, 6) is 0.815. The van der Waals surface area contributed by atoms with Gasteiger partial charge in [0.15, 0.2) is 0 Å². The lowest BCUT2D eigenvalue weighted by atomic mass is 10.1. The lowest BCUT2D eigenvalue weighted by molar-refractivity contribution is 0.547. The van der Waals surface area contributed by atoms with Crippen molar-refractivity contribution in [2.24, 2.45) is 0 Å². The van der Waals surface area contributed by atoms with Crippen molar-refractivity contribution in [3.63, 3.8) is 0 Å². The van der Waals surface area contributed by atoms with Gasteiger partial charge in [-0.15, -0.1) is 0 Å². The predicted molar refractivity (Wildman–Crippen MR) is 89.4 cm³/mol. The van der Waals surface area contributed by atoms with E-state index < -0.39 is 0 Å². The molecule has 1 nitrogen and oxygen atoms in total. The summed E-state index contributed by atoms with van der Waals surface area (Å²) in [6.07, 6.45) is 3.05. The highest BCUT2D eigenvalue weighted by Crippen LogP contribution is 2.21. The third kappa shape index (κ3) is 6.47. The van der Waals surface area contributed by atoms with Crippen LogP contribution in [0.2, 0.25) is 5.02 Å². The topological polar surface area (TPSA) is 12.0 Å². The highest BCUT2D eigenvalue weighted by Gasteiger charge is 2.13. The molecule has 0 amide bonds. The first-order valence-electron chi connectivity index (χ1n) is 7.35. The van der Waals surface area contributed by atoms with Crippen molar-refractivity contribution in [1.29, 1.82) is 0 Å². The number of hydrogen-bond acceptors (Lipinski definition) is 2. The first-order chi connectivity index (χ1) is 9.56. The highest BCUT2D eigenvalue weighted by atomic mass is 35.5. The molecular formula is C16H25ClFNS. The van der Waals surface area contributed by atoms with E-state index in [2.05, 4.69) is 26.1 Å². The molecule has 20 heavy (non-hydrogen) atoms. The van der Waals surface area contributed by atoms with Crippen LogP contribution < -0.4 is 5.32 Å². The molecule has 114 valence electrons. The van der Waals surface area contributed by atoms with Gasteiger partial charge in [-0.1, -0.05) is 32.4 Å². The second-order valence-electron chi connectivity index (χ2n) is 5.14. The summed E-state index contributed by atoms with van der Waals surface area (Å²) in [6, 6.07) is 4.95. The summed E-state index contributed by atoms with van der Waals surface area (Å²) in [7, 11) is 0. The first-order valence-corrected chi connectivity index (χ1v) is 8.78. The summed E-state index contributed by atoms with van der Waals surface area (Å²) in [4.78, 5) is 0. The summed E-state index contributed by atoms with van der Waals surface area (Å²) in [5, 5.41) is 4.85. The third-order valence-corrected chi connectivity index (χ3v) is 5.18. The molecule has 0 saturated heterocycles. The van der Waals surface area contributed by atoms with E-state index in [0.29, 0.717) is 16.3 Å². The minimum atomic E-state index is -0.215. The molecule has 2 unspecified atom stereocenters. The molecule has 0 radical (unpaired) electrons. The summed E-state index contributed by atoms with van der Waals surface area (Å²) < 4.78 is 13.3. The number of nitrogens with one attached hydrogen (secondary N) is 1. The van der Waals surface area contributed by atoms with Gasteiger partial charge in [0.25, 0.3) is 0 Å². The quantitative estimate of drug-likeness (QED) is 0.693. The number of rotatable bonds is 9. The fourth-order valence-electron chi connectivity index (χ4n) is 1.90. The van der Waals surface area contributed by atoms with E-state index in [-0.39, 0.29) is 5.82 Å². The van der Waals surface area contributed by atoms with Crippen molar-refractivity contribution in [3.05, 3.63) is 34.6 Å². The van der Waals surface area contributed by atoms with Gasteiger partial charge >= 0.3 is 0 Å². The summed E-state index contributed by atoms with van der Waals surface area (Å²) in [6.45, 7) is 7.59. The van der Waals surface area contributed by atoms with Crippen molar-refractivity contribution < 1.29 is 4.39 Å². The van der Waals surface area contributed by atoms with Gasteiger partial charge in [0.1, 0.15) is 5.82 Å². The van der Waals surface area contributed by atoms with Crippen molar-refractivity contribution in [2.45, 2.75) is 51.3 Å². The van der Waals surface area contributed by atoms with Crippen LogP contribution in [0.3, 0.4) is 0 Å². The number of thioether (sulfide) groups is 1. The summed E-state index contributed by atoms with van der Waals surface area (Å²) in [5.41, 5.74) is 0.894. The van der Waals surface area contributed by atoms with Crippen molar-refractivity contribution in [3.8, 4) is 0 Å². The fourth-order valence-corrected chi connectivity index (χ4v) is 3.13. The van der Waals surface area contributed by atoms with Crippen LogP contribution in [0.4, 0.5) is 4.39 Å². The third-order valence-electron chi connectivity index (χ3n) is 3.31. The van der Waals surface area contributed by atoms with Crippen molar-refractivity contribution in [2.75, 3.05) is 12.3 Å². The van der Waals surface area contributed by atoms with Gasteiger partial charge in [-0.25, -0.2) is 4.39 Å². The van der Waals surface area contributed by atoms with Crippen molar-refractivity contribution in [1.82, 2.24) is 5.32 Å². The number of halogens is 2. The summed E-state index contributed by atoms with van der Waals surface area (Å²) >= 11 is 8.13. The molecule has 0 aromatic heterocycles. The predicted octanol–water partition coefficient (Wildman–Crippen LogP) is 4.92. The molecule has 4 heteroatoms. The van der Waals surface area contributed by atoms with Gasteiger partial charge in [0, 0.05) is 22.1 Å². The Balaban J connectivity index is 2.65. The Morgan fingerprint density at radius 2 is 2.10 bits per heavy atom. The smallest absolute Gasteiger partial charge is 0.123 e. The van der Waals surface area contributed by atoms with Gasteiger partial charge in [0.2, 0.25) is 0 Å². The lowest BCUT2D eigenvalue weighted by Crippen LogP contribution is -2.34. The molecule has 0 aliphatic rings. The zero-order valence-corrected chi connectivity index (χ0v) is 14.2. The number of hydrogen-bond donors (Lipinski definition) is 1. The molecule has 0 aliphatic heterocycles. The van der Waals surface area contributed by atoms with Gasteiger partial charge in [-0.3, -0.25) is 0 Å². The van der Waals surface area contributed by atoms with Crippen LogP contribution in [0.15, 0.2) is 18.2 Å². The van der Waals surface area contributed by atoms with E-state index in [1.807, 2.05) is 11.8 Å². The minimum Gasteiger partial charge on any atom is -0.313 e. The lowest BCUT2D eigenvalue weighted by Gasteiger charge is -2.20. The van der Waals surface area contributed by atoms with Crippen LogP contribution in [0.5, 0.6) is 0 Å². The van der Waals surface area contributed by atoms with E-state index >= 15 is 0 Å². The molecule has 1 N–H and O–H groups in total. The molecule has 1 aromatic carbocycles. The van der Waals surface area contributed by atoms with Crippen LogP contribution in [0.25, 0.3) is 0 Å². The maximum atomic E-state index is 13.3. The normalized spacial score (nSPS) is 14.2. The fraction of sp³-hybridized carbons (Fsp3) is 0.625. The zero-order valence-electron chi connectivity index (χ0n) is 12.6. The zero-order chi connectivity index (χ0) is 15.0. The molecule has 0 aliphatic carbocycles. The molecule has 1 rings (SSSR count). The Morgan fingerprint density at radius 1 is 1.35 bits per heavy atom. The van der Waals surface area contributed by atoms with E-state index in [1.54, 1.807) is 12.1 Å². The van der Waals surface area contributed by atoms with Gasteiger partial charge in [-0.05, 0) is 49.6 Å². The highest BCUT2D eigenvalue weighted by molar-refractivity contribution is 7.99. The molecule has 0 spiro atoms. The van der Waals surface area contributed by atoms with Crippen LogP contribution in [-0.4, -0.2) is 23.6 Å². The molecule has 1 aromatic rings. The molecule has 0 fully saturated rings. The van der Waals surface area contributed by atoms with E-state index in [4.69, 9.17) is 11.6 Å². The molecule has 0 bridgehead atoms. The Morgan fingerprint density at radius 3 is 2.75 bits per heavy atom. The Bertz CT molecular complexity index is 400.